The Kier molecular flexibility index (Phi) is 2.33. The average Bonchev–Trinajstić information content (AvgIpc) is 2.68. The van der Waals surface area contributed by atoms with Gasteiger partial charge in [0.15, 0.2) is 0 Å². The first kappa shape index (κ1) is 8.58. The van der Waals surface area contributed by atoms with Crippen molar-refractivity contribution in [1.82, 2.24) is 5.16 Å². The van der Waals surface area contributed by atoms with E-state index in [2.05, 4.69) is 11.1 Å². The number of aromatic nitrogens is 1. The predicted octanol–water partition coefficient (Wildman–Crippen LogP) is 2.52. The van der Waals surface area contributed by atoms with Crippen molar-refractivity contribution in [3.05, 3.63) is 42.2 Å². The highest BCUT2D eigenvalue weighted by Crippen LogP contribution is 2.18. The fraction of sp³-hybridized carbons (Fsp3) is 0.0833. The van der Waals surface area contributed by atoms with Gasteiger partial charge in [-0.1, -0.05) is 41.4 Å². The zero-order chi connectivity index (χ0) is 9.80. The van der Waals surface area contributed by atoms with Crippen LogP contribution in [-0.2, 0) is 6.42 Å². The molecule has 0 N–H and O–H groups in total. The minimum Gasteiger partial charge on any atom is -0.360 e. The first-order valence-corrected chi connectivity index (χ1v) is 4.34. The molecule has 1 heterocycles. The van der Waals surface area contributed by atoms with Gasteiger partial charge in [0.1, 0.15) is 11.5 Å². The molecule has 0 atom stereocenters. The van der Waals surface area contributed by atoms with Gasteiger partial charge in [-0.3, -0.25) is 0 Å². The maximum atomic E-state index is 5.17. The maximum absolute atomic E-state index is 5.17. The lowest BCUT2D eigenvalue weighted by molar-refractivity contribution is 0.394. The second kappa shape index (κ2) is 3.80. The third kappa shape index (κ3) is 1.67. The molecular formula is C12H9NO. The van der Waals surface area contributed by atoms with Crippen LogP contribution in [0.3, 0.4) is 0 Å². The topological polar surface area (TPSA) is 26.0 Å². The SMILES string of the molecule is C#CCc1cc(-c2ccccc2)no1. The van der Waals surface area contributed by atoms with Crippen LogP contribution in [0.25, 0.3) is 11.3 Å². The summed E-state index contributed by atoms with van der Waals surface area (Å²) in [5, 5.41) is 3.93. The van der Waals surface area contributed by atoms with Crippen molar-refractivity contribution < 1.29 is 4.52 Å². The summed E-state index contributed by atoms with van der Waals surface area (Å²) in [7, 11) is 0. The molecule has 1 aromatic heterocycles. The van der Waals surface area contributed by atoms with Crippen molar-refractivity contribution in [1.29, 1.82) is 0 Å². The Hall–Kier alpha value is -2.01. The predicted molar refractivity (Wildman–Crippen MR) is 54.5 cm³/mol. The van der Waals surface area contributed by atoms with Crippen LogP contribution in [-0.4, -0.2) is 5.16 Å². The first-order chi connectivity index (χ1) is 6.90. The summed E-state index contributed by atoms with van der Waals surface area (Å²) in [5.74, 6) is 3.24. The molecule has 0 aliphatic carbocycles. The van der Waals surface area contributed by atoms with Crippen molar-refractivity contribution in [3.63, 3.8) is 0 Å². The molecule has 0 fully saturated rings. The second-order valence-corrected chi connectivity index (χ2v) is 2.93. The lowest BCUT2D eigenvalue weighted by Gasteiger charge is -1.91. The normalized spacial score (nSPS) is 9.64. The molecule has 0 radical (unpaired) electrons. The molecule has 2 rings (SSSR count). The van der Waals surface area contributed by atoms with Crippen molar-refractivity contribution in [3.8, 4) is 23.6 Å². The van der Waals surface area contributed by atoms with Crippen LogP contribution in [0.2, 0.25) is 0 Å². The molecular weight excluding hydrogens is 174 g/mol. The van der Waals surface area contributed by atoms with Crippen LogP contribution < -0.4 is 0 Å². The van der Waals surface area contributed by atoms with E-state index in [-0.39, 0.29) is 0 Å². The molecule has 2 nitrogen and oxygen atoms in total. The molecule has 0 amide bonds. The second-order valence-electron chi connectivity index (χ2n) is 2.93. The lowest BCUT2D eigenvalue weighted by atomic mass is 10.1. The summed E-state index contributed by atoms with van der Waals surface area (Å²) < 4.78 is 5.07. The Morgan fingerprint density at radius 3 is 2.79 bits per heavy atom. The van der Waals surface area contributed by atoms with E-state index in [1.165, 1.54) is 0 Å². The molecule has 0 aliphatic rings. The quantitative estimate of drug-likeness (QED) is 0.668. The third-order valence-corrected chi connectivity index (χ3v) is 1.90. The van der Waals surface area contributed by atoms with Crippen LogP contribution in [0.5, 0.6) is 0 Å². The molecule has 2 aromatic rings. The van der Waals surface area contributed by atoms with Gasteiger partial charge in [-0.05, 0) is 0 Å². The highest BCUT2D eigenvalue weighted by molar-refractivity contribution is 5.58. The maximum Gasteiger partial charge on any atom is 0.149 e. The van der Waals surface area contributed by atoms with Gasteiger partial charge in [-0.25, -0.2) is 0 Å². The standard InChI is InChI=1S/C12H9NO/c1-2-6-11-9-12(13-14-11)10-7-4-3-5-8-10/h1,3-5,7-9H,6H2. The van der Waals surface area contributed by atoms with E-state index in [4.69, 9.17) is 10.9 Å². The van der Waals surface area contributed by atoms with Crippen LogP contribution in [0.4, 0.5) is 0 Å². The molecule has 2 heteroatoms. The Labute approximate surface area is 82.5 Å². The summed E-state index contributed by atoms with van der Waals surface area (Å²) in [6.45, 7) is 0. The van der Waals surface area contributed by atoms with Crippen molar-refractivity contribution in [2.24, 2.45) is 0 Å². The molecule has 0 spiro atoms. The van der Waals surface area contributed by atoms with Gasteiger partial charge in [0.05, 0.1) is 6.42 Å². The van der Waals surface area contributed by atoms with Crippen LogP contribution >= 0.6 is 0 Å². The van der Waals surface area contributed by atoms with Gasteiger partial charge >= 0.3 is 0 Å². The highest BCUT2D eigenvalue weighted by atomic mass is 16.5. The Morgan fingerprint density at radius 2 is 2.07 bits per heavy atom. The fourth-order valence-corrected chi connectivity index (χ4v) is 1.24. The number of nitrogens with zero attached hydrogens (tertiary/aromatic N) is 1. The smallest absolute Gasteiger partial charge is 0.149 e. The van der Waals surface area contributed by atoms with Crippen LogP contribution in [0.1, 0.15) is 5.76 Å². The van der Waals surface area contributed by atoms with Crippen LogP contribution in [0, 0.1) is 12.3 Å². The van der Waals surface area contributed by atoms with E-state index >= 15 is 0 Å². The van der Waals surface area contributed by atoms with E-state index in [0.29, 0.717) is 6.42 Å². The van der Waals surface area contributed by atoms with E-state index in [9.17, 15) is 0 Å². The number of hydrogen-bond acceptors (Lipinski definition) is 2. The fourth-order valence-electron chi connectivity index (χ4n) is 1.24. The molecule has 0 bridgehead atoms. The minimum atomic E-state index is 0.486. The van der Waals surface area contributed by atoms with Gasteiger partial charge in [0.2, 0.25) is 0 Å². The Bertz CT molecular complexity index is 451. The molecule has 0 saturated carbocycles. The molecule has 1 aromatic carbocycles. The zero-order valence-electron chi connectivity index (χ0n) is 7.60. The van der Waals surface area contributed by atoms with Gasteiger partial charge in [0, 0.05) is 11.6 Å². The minimum absolute atomic E-state index is 0.486. The Balaban J connectivity index is 2.31. The van der Waals surface area contributed by atoms with Gasteiger partial charge < -0.3 is 4.52 Å². The Morgan fingerprint density at radius 1 is 1.29 bits per heavy atom. The van der Waals surface area contributed by atoms with Crippen molar-refractivity contribution in [2.45, 2.75) is 6.42 Å². The summed E-state index contributed by atoms with van der Waals surface area (Å²) in [4.78, 5) is 0. The summed E-state index contributed by atoms with van der Waals surface area (Å²) in [6.07, 6.45) is 5.66. The summed E-state index contributed by atoms with van der Waals surface area (Å²) >= 11 is 0. The largest absolute Gasteiger partial charge is 0.360 e. The van der Waals surface area contributed by atoms with E-state index in [1.54, 1.807) is 0 Å². The number of rotatable bonds is 2. The number of hydrogen-bond donors (Lipinski definition) is 0. The van der Waals surface area contributed by atoms with E-state index in [1.807, 2.05) is 36.4 Å². The van der Waals surface area contributed by atoms with Gasteiger partial charge in [-0.2, -0.15) is 0 Å². The molecule has 0 unspecified atom stereocenters. The molecule has 14 heavy (non-hydrogen) atoms. The third-order valence-electron chi connectivity index (χ3n) is 1.90. The van der Waals surface area contributed by atoms with Crippen molar-refractivity contribution in [2.75, 3.05) is 0 Å². The summed E-state index contributed by atoms with van der Waals surface area (Å²) in [6, 6.07) is 11.7. The highest BCUT2D eigenvalue weighted by Gasteiger charge is 2.03. The summed E-state index contributed by atoms with van der Waals surface area (Å²) in [5.41, 5.74) is 1.87. The van der Waals surface area contributed by atoms with E-state index < -0.39 is 0 Å². The van der Waals surface area contributed by atoms with Gasteiger partial charge in [0.25, 0.3) is 0 Å². The zero-order valence-corrected chi connectivity index (χ0v) is 7.60. The van der Waals surface area contributed by atoms with Crippen molar-refractivity contribution >= 4 is 0 Å². The first-order valence-electron chi connectivity index (χ1n) is 4.34. The molecule has 0 saturated heterocycles. The molecule has 68 valence electrons. The number of terminal acetylenes is 1. The molecule has 0 aliphatic heterocycles. The lowest BCUT2D eigenvalue weighted by Crippen LogP contribution is -1.74. The average molecular weight is 183 g/mol. The van der Waals surface area contributed by atoms with Crippen LogP contribution in [0.15, 0.2) is 40.9 Å². The number of benzene rings is 1. The van der Waals surface area contributed by atoms with Gasteiger partial charge in [-0.15, -0.1) is 6.42 Å². The monoisotopic (exact) mass is 183 g/mol. The van der Waals surface area contributed by atoms with E-state index in [0.717, 1.165) is 17.0 Å².